The van der Waals surface area contributed by atoms with Gasteiger partial charge >= 0.3 is 0 Å². The fraction of sp³-hybridized carbons (Fsp3) is 0.136. The highest BCUT2D eigenvalue weighted by Crippen LogP contribution is 2.37. The van der Waals surface area contributed by atoms with Crippen molar-refractivity contribution in [1.29, 1.82) is 0 Å². The second kappa shape index (κ2) is 8.12. The van der Waals surface area contributed by atoms with E-state index >= 15 is 0 Å². The highest BCUT2D eigenvalue weighted by atomic mass is 32.2. The average Bonchev–Trinajstić information content (AvgIpc) is 3.12. The molecule has 4 rings (SSSR count). The Balaban J connectivity index is 1.56. The third-order valence-corrected chi connectivity index (χ3v) is 6.22. The highest BCUT2D eigenvalue weighted by Gasteiger charge is 2.15. The molecule has 2 aromatic carbocycles. The lowest BCUT2D eigenvalue weighted by molar-refractivity contribution is -0.113. The number of amides is 1. The molecule has 4 aromatic rings. The molecule has 0 radical (unpaired) electrons. The number of hydrogen-bond donors (Lipinski definition) is 1. The molecule has 0 unspecified atom stereocenters. The molecule has 0 saturated heterocycles. The number of rotatable bonds is 5. The van der Waals surface area contributed by atoms with Crippen LogP contribution >= 0.6 is 23.1 Å². The molecular formula is C22H19N3OS2. The Bertz CT molecular complexity index is 1140. The first-order valence-electron chi connectivity index (χ1n) is 8.89. The molecule has 0 spiro atoms. The van der Waals surface area contributed by atoms with Crippen molar-refractivity contribution in [2.24, 2.45) is 0 Å². The van der Waals surface area contributed by atoms with Crippen molar-refractivity contribution in [2.75, 3.05) is 11.1 Å². The van der Waals surface area contributed by atoms with Gasteiger partial charge in [-0.05, 0) is 37.1 Å². The van der Waals surface area contributed by atoms with E-state index in [0.717, 1.165) is 37.6 Å². The minimum atomic E-state index is -0.0468. The van der Waals surface area contributed by atoms with Crippen LogP contribution in [0.1, 0.15) is 11.1 Å². The van der Waals surface area contributed by atoms with Crippen LogP contribution in [0.5, 0.6) is 0 Å². The second-order valence-corrected chi connectivity index (χ2v) is 8.40. The number of hydrogen-bond acceptors (Lipinski definition) is 5. The number of benzene rings is 2. The van der Waals surface area contributed by atoms with Gasteiger partial charge in [-0.25, -0.2) is 9.97 Å². The van der Waals surface area contributed by atoms with Crippen LogP contribution in [0, 0.1) is 13.8 Å². The van der Waals surface area contributed by atoms with Gasteiger partial charge < -0.3 is 5.32 Å². The number of anilines is 1. The van der Waals surface area contributed by atoms with E-state index in [0.29, 0.717) is 5.75 Å². The summed E-state index contributed by atoms with van der Waals surface area (Å²) in [6.07, 6.45) is 1.57. The lowest BCUT2D eigenvalue weighted by atomic mass is 10.1. The van der Waals surface area contributed by atoms with Crippen LogP contribution in [-0.2, 0) is 4.79 Å². The Kier molecular flexibility index (Phi) is 5.41. The summed E-state index contributed by atoms with van der Waals surface area (Å²) in [6, 6.07) is 16.2. The molecule has 0 fully saturated rings. The minimum absolute atomic E-state index is 0.0468. The Morgan fingerprint density at radius 2 is 1.89 bits per heavy atom. The summed E-state index contributed by atoms with van der Waals surface area (Å²) in [4.78, 5) is 22.2. The highest BCUT2D eigenvalue weighted by molar-refractivity contribution is 8.00. The van der Waals surface area contributed by atoms with E-state index < -0.39 is 0 Å². The summed E-state index contributed by atoms with van der Waals surface area (Å²) < 4.78 is 0. The van der Waals surface area contributed by atoms with Crippen LogP contribution in [0.25, 0.3) is 21.3 Å². The van der Waals surface area contributed by atoms with Crippen LogP contribution in [0.15, 0.2) is 65.3 Å². The number of aromatic nitrogens is 2. The van der Waals surface area contributed by atoms with Crippen LogP contribution in [0.2, 0.25) is 0 Å². The van der Waals surface area contributed by atoms with E-state index in [4.69, 9.17) is 0 Å². The fourth-order valence-electron chi connectivity index (χ4n) is 2.96. The molecule has 0 atom stereocenters. The average molecular weight is 406 g/mol. The predicted octanol–water partition coefficient (Wildman–Crippen LogP) is 5.71. The summed E-state index contributed by atoms with van der Waals surface area (Å²) in [5.41, 5.74) is 5.40. The van der Waals surface area contributed by atoms with Crippen molar-refractivity contribution >= 4 is 44.9 Å². The van der Waals surface area contributed by atoms with Crippen LogP contribution in [0.4, 0.5) is 5.69 Å². The van der Waals surface area contributed by atoms with Gasteiger partial charge in [0.2, 0.25) is 5.91 Å². The number of carbonyl (C=O) groups is 1. The SMILES string of the molecule is Cc1ccc(-c2csc3ncnc(SCC(=O)Nc4cccc(C)c4)c23)cc1. The zero-order valence-electron chi connectivity index (χ0n) is 15.6. The van der Waals surface area contributed by atoms with Crippen molar-refractivity contribution in [3.63, 3.8) is 0 Å². The smallest absolute Gasteiger partial charge is 0.234 e. The molecule has 1 N–H and O–H groups in total. The second-order valence-electron chi connectivity index (χ2n) is 6.58. The molecule has 2 heterocycles. The van der Waals surface area contributed by atoms with E-state index in [1.165, 1.54) is 17.3 Å². The van der Waals surface area contributed by atoms with Crippen molar-refractivity contribution in [3.8, 4) is 11.1 Å². The summed E-state index contributed by atoms with van der Waals surface area (Å²) in [7, 11) is 0. The number of nitrogens with zero attached hydrogens (tertiary/aromatic N) is 2. The third kappa shape index (κ3) is 4.08. The van der Waals surface area contributed by atoms with Gasteiger partial charge in [-0.2, -0.15) is 0 Å². The number of fused-ring (bicyclic) bond motifs is 1. The molecule has 2 aromatic heterocycles. The van der Waals surface area contributed by atoms with Gasteiger partial charge in [0.15, 0.2) is 0 Å². The van der Waals surface area contributed by atoms with Crippen LogP contribution in [-0.4, -0.2) is 21.6 Å². The topological polar surface area (TPSA) is 54.9 Å². The quantitative estimate of drug-likeness (QED) is 0.341. The Morgan fingerprint density at radius 3 is 2.68 bits per heavy atom. The van der Waals surface area contributed by atoms with E-state index in [-0.39, 0.29) is 5.91 Å². The van der Waals surface area contributed by atoms with E-state index in [9.17, 15) is 4.79 Å². The van der Waals surface area contributed by atoms with Crippen molar-refractivity contribution in [1.82, 2.24) is 9.97 Å². The molecule has 0 saturated carbocycles. The van der Waals surface area contributed by atoms with E-state index in [1.807, 2.05) is 31.2 Å². The molecular weight excluding hydrogens is 386 g/mol. The fourth-order valence-corrected chi connectivity index (χ4v) is 4.75. The third-order valence-electron chi connectivity index (χ3n) is 4.34. The number of nitrogens with one attached hydrogen (secondary N) is 1. The number of thioether (sulfide) groups is 1. The monoisotopic (exact) mass is 405 g/mol. The zero-order valence-corrected chi connectivity index (χ0v) is 17.2. The molecule has 28 heavy (non-hydrogen) atoms. The maximum Gasteiger partial charge on any atom is 0.234 e. The molecule has 4 nitrogen and oxygen atoms in total. The lowest BCUT2D eigenvalue weighted by Gasteiger charge is -2.07. The number of carbonyl (C=O) groups excluding carboxylic acids is 1. The van der Waals surface area contributed by atoms with E-state index in [1.54, 1.807) is 17.7 Å². The Hall–Kier alpha value is -2.70. The molecule has 0 bridgehead atoms. The Labute approximate surface area is 172 Å². The number of aryl methyl sites for hydroxylation is 2. The van der Waals surface area contributed by atoms with Gasteiger partial charge in [0.05, 0.1) is 11.1 Å². The largest absolute Gasteiger partial charge is 0.325 e. The summed E-state index contributed by atoms with van der Waals surface area (Å²) in [5.74, 6) is 0.248. The maximum absolute atomic E-state index is 12.4. The van der Waals surface area contributed by atoms with Gasteiger partial charge in [0.25, 0.3) is 0 Å². The van der Waals surface area contributed by atoms with Gasteiger partial charge in [0.1, 0.15) is 16.2 Å². The van der Waals surface area contributed by atoms with Crippen molar-refractivity contribution in [3.05, 3.63) is 71.4 Å². The van der Waals surface area contributed by atoms with Crippen molar-refractivity contribution in [2.45, 2.75) is 18.9 Å². The molecule has 0 aliphatic rings. The molecule has 0 aliphatic heterocycles. The minimum Gasteiger partial charge on any atom is -0.325 e. The van der Waals surface area contributed by atoms with Gasteiger partial charge in [-0.3, -0.25) is 4.79 Å². The summed E-state index contributed by atoms with van der Waals surface area (Å²) >= 11 is 3.04. The number of thiophene rings is 1. The maximum atomic E-state index is 12.4. The van der Waals surface area contributed by atoms with Gasteiger partial charge in [-0.1, -0.05) is 53.7 Å². The van der Waals surface area contributed by atoms with Crippen LogP contribution in [0.3, 0.4) is 0 Å². The first-order valence-corrected chi connectivity index (χ1v) is 10.8. The van der Waals surface area contributed by atoms with Crippen LogP contribution < -0.4 is 5.32 Å². The molecule has 140 valence electrons. The van der Waals surface area contributed by atoms with Gasteiger partial charge in [0, 0.05) is 16.6 Å². The Morgan fingerprint density at radius 1 is 1.07 bits per heavy atom. The molecule has 0 aliphatic carbocycles. The zero-order chi connectivity index (χ0) is 19.5. The predicted molar refractivity (Wildman–Crippen MR) is 118 cm³/mol. The molecule has 1 amide bonds. The summed E-state index contributed by atoms with van der Waals surface area (Å²) in [6.45, 7) is 4.08. The van der Waals surface area contributed by atoms with Gasteiger partial charge in [-0.15, -0.1) is 11.3 Å². The standard InChI is InChI=1S/C22H19N3OS2/c1-14-6-8-16(9-7-14)18-11-27-21-20(18)22(24-13-23-21)28-12-19(26)25-17-5-3-4-15(2)10-17/h3-11,13H,12H2,1-2H3,(H,25,26). The molecule has 6 heteroatoms. The van der Waals surface area contributed by atoms with Crippen molar-refractivity contribution < 1.29 is 4.79 Å². The first-order chi connectivity index (χ1) is 13.6. The normalized spacial score (nSPS) is 10.9. The lowest BCUT2D eigenvalue weighted by Crippen LogP contribution is -2.14. The first kappa shape index (κ1) is 18.7. The summed E-state index contributed by atoms with van der Waals surface area (Å²) in [5, 5.41) is 6.91. The van der Waals surface area contributed by atoms with E-state index in [2.05, 4.69) is 51.9 Å².